The highest BCUT2D eigenvalue weighted by Crippen LogP contribution is 2.57. The van der Waals surface area contributed by atoms with Gasteiger partial charge < -0.3 is 28.2 Å². The summed E-state index contributed by atoms with van der Waals surface area (Å²) in [6, 6.07) is 21.6. The standard InChI is InChI=1S/C36H28N5O10P/c1-20-24-9-6-21(38-39-37)16-30(24)49-34(43)26(20)19-33(42)41-14-12-40(13-15-41)22-7-10-28-31(17-22)48-32-18-23(51-52(45,46)47)8-11-29(32)36(28)27-5-3-2-4-25(27)35(44)50-36/h2-11,16-18H,12-15,19H2,1H3,(H2,45,46,47). The third-order valence-electron chi connectivity index (χ3n) is 9.65. The molecule has 0 radical (unpaired) electrons. The summed E-state index contributed by atoms with van der Waals surface area (Å²) in [4.78, 5) is 64.9. The van der Waals surface area contributed by atoms with E-state index >= 15 is 0 Å². The quantitative estimate of drug-likeness (QED) is 0.0521. The fraction of sp³-hybridized carbons (Fsp3) is 0.194. The Balaban J connectivity index is 1.05. The molecule has 0 bridgehead atoms. The van der Waals surface area contributed by atoms with Crippen LogP contribution < -0.4 is 19.8 Å². The minimum Gasteiger partial charge on any atom is -0.456 e. The first-order valence-corrected chi connectivity index (χ1v) is 17.7. The van der Waals surface area contributed by atoms with E-state index in [1.54, 1.807) is 60.4 Å². The van der Waals surface area contributed by atoms with Gasteiger partial charge in [0.05, 0.1) is 17.5 Å². The molecule has 1 atom stereocenters. The first kappa shape index (κ1) is 33.1. The number of phosphoric ester groups is 1. The van der Waals surface area contributed by atoms with Crippen LogP contribution in [0.2, 0.25) is 0 Å². The van der Waals surface area contributed by atoms with Gasteiger partial charge in [-0.1, -0.05) is 35.4 Å². The summed E-state index contributed by atoms with van der Waals surface area (Å²) in [6.45, 7) is 3.45. The third-order valence-corrected chi connectivity index (χ3v) is 10.1. The fourth-order valence-electron chi connectivity index (χ4n) is 7.21. The molecule has 8 rings (SSSR count). The Kier molecular flexibility index (Phi) is 7.81. The van der Waals surface area contributed by atoms with Gasteiger partial charge in [0.1, 0.15) is 22.8 Å². The van der Waals surface area contributed by atoms with Crippen molar-refractivity contribution >= 4 is 42.0 Å². The van der Waals surface area contributed by atoms with Gasteiger partial charge in [-0.2, -0.15) is 0 Å². The minimum absolute atomic E-state index is 0.128. The number of fused-ring (bicyclic) bond motifs is 7. The monoisotopic (exact) mass is 721 g/mol. The van der Waals surface area contributed by atoms with Gasteiger partial charge in [-0.25, -0.2) is 14.2 Å². The number of nitrogens with zero attached hydrogens (tertiary/aromatic N) is 5. The van der Waals surface area contributed by atoms with E-state index in [1.165, 1.54) is 18.2 Å². The lowest BCUT2D eigenvalue weighted by atomic mass is 9.77. The van der Waals surface area contributed by atoms with Gasteiger partial charge in [0.25, 0.3) is 0 Å². The Bertz CT molecular complexity index is 2500. The Morgan fingerprint density at radius 2 is 1.69 bits per heavy atom. The lowest BCUT2D eigenvalue weighted by molar-refractivity contribution is -0.130. The van der Waals surface area contributed by atoms with Crippen molar-refractivity contribution in [2.24, 2.45) is 5.11 Å². The maximum Gasteiger partial charge on any atom is 0.524 e. The van der Waals surface area contributed by atoms with Crippen LogP contribution in [0.25, 0.3) is 21.4 Å². The van der Waals surface area contributed by atoms with Gasteiger partial charge >= 0.3 is 19.4 Å². The average molecular weight is 722 g/mol. The highest BCUT2D eigenvalue weighted by Gasteiger charge is 2.53. The number of carbonyl (C=O) groups is 2. The molecule has 52 heavy (non-hydrogen) atoms. The largest absolute Gasteiger partial charge is 0.524 e. The third kappa shape index (κ3) is 5.52. The zero-order chi connectivity index (χ0) is 36.4. The molecule has 0 aliphatic carbocycles. The average Bonchev–Trinajstić information content (AvgIpc) is 3.41. The molecule has 4 heterocycles. The Hall–Kier alpha value is -6.11. The van der Waals surface area contributed by atoms with E-state index in [9.17, 15) is 28.7 Å². The molecule has 2 N–H and O–H groups in total. The molecule has 3 aliphatic heterocycles. The Morgan fingerprint density at radius 3 is 2.44 bits per heavy atom. The van der Waals surface area contributed by atoms with Crippen molar-refractivity contribution in [1.82, 2.24) is 4.90 Å². The van der Waals surface area contributed by atoms with Crippen molar-refractivity contribution < 1.29 is 42.4 Å². The van der Waals surface area contributed by atoms with Gasteiger partial charge in [0.2, 0.25) is 5.91 Å². The molecule has 5 aromatic rings. The molecule has 1 aromatic heterocycles. The number of hydrogen-bond acceptors (Lipinski definition) is 10. The number of phosphoric acid groups is 1. The van der Waals surface area contributed by atoms with E-state index in [4.69, 9.17) is 23.9 Å². The summed E-state index contributed by atoms with van der Waals surface area (Å²) in [7, 11) is -4.87. The van der Waals surface area contributed by atoms with Crippen molar-refractivity contribution in [3.8, 4) is 17.2 Å². The Morgan fingerprint density at radius 1 is 0.962 bits per heavy atom. The number of rotatable bonds is 6. The number of carbonyl (C=O) groups excluding carboxylic acids is 2. The maximum absolute atomic E-state index is 13.4. The van der Waals surface area contributed by atoms with Crippen LogP contribution in [0.1, 0.15) is 38.2 Å². The molecular formula is C36H28N5O10P. The number of azide groups is 1. The van der Waals surface area contributed by atoms with Gasteiger partial charge in [-0.3, -0.25) is 14.6 Å². The van der Waals surface area contributed by atoms with Crippen LogP contribution in [0.3, 0.4) is 0 Å². The number of anilines is 1. The van der Waals surface area contributed by atoms with E-state index in [0.717, 1.165) is 5.69 Å². The lowest BCUT2D eigenvalue weighted by Gasteiger charge is -2.39. The summed E-state index contributed by atoms with van der Waals surface area (Å²) >= 11 is 0. The summed E-state index contributed by atoms with van der Waals surface area (Å²) in [5.74, 6) is -0.309. The summed E-state index contributed by atoms with van der Waals surface area (Å²) in [5, 5.41) is 4.19. The number of aryl methyl sites for hydroxylation is 1. The SMILES string of the molecule is Cc1c(CC(=O)N2CCN(c3ccc4c(c3)Oc3cc(OP(=O)(O)O)ccc3C43OC(=O)c4ccccc43)CC2)c(=O)oc2cc(N=[N+]=[N-])ccc12. The Labute approximate surface area is 294 Å². The number of amides is 1. The molecule has 1 fully saturated rings. The smallest absolute Gasteiger partial charge is 0.456 e. The number of ether oxygens (including phenoxy) is 2. The van der Waals surface area contributed by atoms with E-state index in [2.05, 4.69) is 14.9 Å². The summed E-state index contributed by atoms with van der Waals surface area (Å²) in [5.41, 5.74) is 11.0. The van der Waals surface area contributed by atoms with E-state index in [1.807, 2.05) is 12.1 Å². The molecule has 262 valence electrons. The molecule has 1 unspecified atom stereocenters. The summed E-state index contributed by atoms with van der Waals surface area (Å²) in [6.07, 6.45) is -0.135. The van der Waals surface area contributed by atoms with Crippen molar-refractivity contribution in [3.05, 3.63) is 133 Å². The zero-order valence-electron chi connectivity index (χ0n) is 27.4. The number of benzene rings is 4. The normalized spacial score (nSPS) is 17.5. The first-order chi connectivity index (χ1) is 24.9. The molecule has 15 nitrogen and oxygen atoms in total. The first-order valence-electron chi connectivity index (χ1n) is 16.1. The van der Waals surface area contributed by atoms with E-state index in [-0.39, 0.29) is 35.0 Å². The highest BCUT2D eigenvalue weighted by atomic mass is 31.2. The number of esters is 1. The second-order valence-electron chi connectivity index (χ2n) is 12.5. The minimum atomic E-state index is -4.87. The van der Waals surface area contributed by atoms with Crippen LogP contribution in [-0.4, -0.2) is 52.7 Å². The second-order valence-corrected chi connectivity index (χ2v) is 13.7. The number of piperazine rings is 1. The lowest BCUT2D eigenvalue weighted by Crippen LogP contribution is -2.49. The second kappa shape index (κ2) is 12.3. The molecule has 1 spiro atoms. The summed E-state index contributed by atoms with van der Waals surface area (Å²) < 4.78 is 34.4. The van der Waals surface area contributed by atoms with E-state index < -0.39 is 25.0 Å². The molecule has 0 saturated carbocycles. The van der Waals surface area contributed by atoms with Crippen LogP contribution in [0.4, 0.5) is 11.4 Å². The van der Waals surface area contributed by atoms with Crippen LogP contribution in [-0.2, 0) is 26.1 Å². The van der Waals surface area contributed by atoms with Crippen molar-refractivity contribution in [2.45, 2.75) is 18.9 Å². The predicted octanol–water partition coefficient (Wildman–Crippen LogP) is 5.97. The van der Waals surface area contributed by atoms with Gasteiger partial charge in [-0.15, -0.1) is 0 Å². The molecule has 16 heteroatoms. The topological polar surface area (TPSA) is 205 Å². The molecular weight excluding hydrogens is 693 g/mol. The van der Waals surface area contributed by atoms with Gasteiger partial charge in [0.15, 0.2) is 5.60 Å². The van der Waals surface area contributed by atoms with Crippen LogP contribution in [0.15, 0.2) is 93.2 Å². The molecule has 1 amide bonds. The zero-order valence-corrected chi connectivity index (χ0v) is 28.3. The molecule has 1 saturated heterocycles. The van der Waals surface area contributed by atoms with Crippen molar-refractivity contribution in [1.29, 1.82) is 0 Å². The number of hydrogen-bond donors (Lipinski definition) is 2. The van der Waals surface area contributed by atoms with Gasteiger partial charge in [0, 0.05) is 76.7 Å². The van der Waals surface area contributed by atoms with Crippen LogP contribution in [0.5, 0.6) is 17.2 Å². The van der Waals surface area contributed by atoms with Gasteiger partial charge in [-0.05, 0) is 54.4 Å². The van der Waals surface area contributed by atoms with E-state index in [0.29, 0.717) is 70.8 Å². The fourth-order valence-corrected chi connectivity index (χ4v) is 7.60. The van der Waals surface area contributed by atoms with Crippen molar-refractivity contribution in [2.75, 3.05) is 31.1 Å². The van der Waals surface area contributed by atoms with Crippen LogP contribution in [0, 0.1) is 6.92 Å². The van der Waals surface area contributed by atoms with Crippen LogP contribution >= 0.6 is 7.82 Å². The highest BCUT2D eigenvalue weighted by molar-refractivity contribution is 7.46. The molecule has 3 aliphatic rings. The van der Waals surface area contributed by atoms with Crippen molar-refractivity contribution in [3.63, 3.8) is 0 Å². The maximum atomic E-state index is 13.4. The molecule has 4 aromatic carbocycles. The predicted molar refractivity (Wildman–Crippen MR) is 186 cm³/mol.